The molecular weight excluding hydrogens is 378 g/mol. The highest BCUT2D eigenvalue weighted by atomic mass is 32.2. The van der Waals surface area contributed by atoms with Crippen LogP contribution in [0.15, 0.2) is 47.5 Å². The highest BCUT2D eigenvalue weighted by molar-refractivity contribution is 7.89. The maximum absolute atomic E-state index is 12.8. The summed E-state index contributed by atoms with van der Waals surface area (Å²) in [5.41, 5.74) is 0.508. The number of carbonyl (C=O) groups excluding carboxylic acids is 1. The lowest BCUT2D eigenvalue weighted by molar-refractivity contribution is 0.0746. The molecule has 0 saturated carbocycles. The normalized spacial score (nSPS) is 18.4. The van der Waals surface area contributed by atoms with Gasteiger partial charge in [-0.05, 0) is 49.2 Å². The minimum atomic E-state index is -3.46. The van der Waals surface area contributed by atoms with Crippen LogP contribution in [-0.4, -0.2) is 73.0 Å². The number of hydrogen-bond acceptors (Lipinski definition) is 6. The van der Waals surface area contributed by atoms with Gasteiger partial charge in [0.25, 0.3) is 5.91 Å². The monoisotopic (exact) mass is 401 g/mol. The quantitative estimate of drug-likeness (QED) is 0.766. The predicted molar refractivity (Wildman–Crippen MR) is 105 cm³/mol. The molecular formula is C19H23N5O3S. The number of piperazine rings is 1. The largest absolute Gasteiger partial charge is 0.352 e. The molecule has 0 atom stereocenters. The van der Waals surface area contributed by atoms with Crippen molar-refractivity contribution in [1.82, 2.24) is 19.4 Å². The lowest BCUT2D eigenvalue weighted by Gasteiger charge is -2.35. The summed E-state index contributed by atoms with van der Waals surface area (Å²) in [7, 11) is -3.46. The molecule has 0 N–H and O–H groups in total. The van der Waals surface area contributed by atoms with Crippen molar-refractivity contribution in [2.45, 2.75) is 17.7 Å². The zero-order valence-corrected chi connectivity index (χ0v) is 16.4. The van der Waals surface area contributed by atoms with Crippen LogP contribution in [0.2, 0.25) is 0 Å². The molecule has 9 heteroatoms. The van der Waals surface area contributed by atoms with E-state index in [0.717, 1.165) is 18.7 Å². The number of sulfonamides is 1. The van der Waals surface area contributed by atoms with Crippen molar-refractivity contribution in [1.29, 1.82) is 0 Å². The van der Waals surface area contributed by atoms with Crippen molar-refractivity contribution in [2.24, 2.45) is 0 Å². The van der Waals surface area contributed by atoms with Crippen LogP contribution < -0.4 is 4.90 Å². The Bertz CT molecular complexity index is 920. The summed E-state index contributed by atoms with van der Waals surface area (Å²) in [6.07, 6.45) is 3.43. The van der Waals surface area contributed by atoms with E-state index in [1.54, 1.807) is 23.2 Å². The van der Waals surface area contributed by atoms with Crippen LogP contribution in [0, 0.1) is 0 Å². The van der Waals surface area contributed by atoms with Crippen LogP contribution in [0.3, 0.4) is 0 Å². The fraction of sp³-hybridized carbons (Fsp3) is 0.421. The molecule has 0 bridgehead atoms. The zero-order chi connectivity index (χ0) is 19.6. The van der Waals surface area contributed by atoms with Crippen LogP contribution in [0.25, 0.3) is 0 Å². The van der Waals surface area contributed by atoms with Gasteiger partial charge in [0, 0.05) is 51.0 Å². The van der Waals surface area contributed by atoms with Gasteiger partial charge in [-0.15, -0.1) is 5.10 Å². The summed E-state index contributed by atoms with van der Waals surface area (Å²) in [5.74, 6) is 0.731. The van der Waals surface area contributed by atoms with Gasteiger partial charge < -0.3 is 9.80 Å². The highest BCUT2D eigenvalue weighted by Crippen LogP contribution is 2.22. The van der Waals surface area contributed by atoms with Crippen LogP contribution in [0.5, 0.6) is 0 Å². The maximum atomic E-state index is 12.8. The smallest absolute Gasteiger partial charge is 0.253 e. The average Bonchev–Trinajstić information content (AvgIpc) is 3.30. The Balaban J connectivity index is 1.40. The Morgan fingerprint density at radius 2 is 1.57 bits per heavy atom. The summed E-state index contributed by atoms with van der Waals surface area (Å²) >= 11 is 0. The summed E-state index contributed by atoms with van der Waals surface area (Å²) in [4.78, 5) is 16.9. The van der Waals surface area contributed by atoms with E-state index in [1.807, 2.05) is 12.1 Å². The first-order chi connectivity index (χ1) is 13.6. The van der Waals surface area contributed by atoms with E-state index < -0.39 is 10.0 Å². The second kappa shape index (κ2) is 7.84. The van der Waals surface area contributed by atoms with Gasteiger partial charge in [0.1, 0.15) is 0 Å². The van der Waals surface area contributed by atoms with Crippen molar-refractivity contribution < 1.29 is 13.2 Å². The van der Waals surface area contributed by atoms with Crippen LogP contribution in [-0.2, 0) is 10.0 Å². The van der Waals surface area contributed by atoms with E-state index in [-0.39, 0.29) is 10.8 Å². The molecule has 2 saturated heterocycles. The van der Waals surface area contributed by atoms with Gasteiger partial charge in [-0.2, -0.15) is 9.40 Å². The fourth-order valence-corrected chi connectivity index (χ4v) is 5.15. The number of nitrogens with zero attached hydrogens (tertiary/aromatic N) is 5. The molecule has 0 radical (unpaired) electrons. The van der Waals surface area contributed by atoms with Crippen LogP contribution in [0.4, 0.5) is 5.82 Å². The second-order valence-corrected chi connectivity index (χ2v) is 8.93. The third-order valence-electron chi connectivity index (χ3n) is 5.25. The van der Waals surface area contributed by atoms with Gasteiger partial charge in [0.05, 0.1) is 4.90 Å². The number of rotatable bonds is 4. The number of anilines is 1. The SMILES string of the molecule is O=C(c1ccc(S(=O)(=O)N2CCCC2)cc1)N1CCN(c2cccnn2)CC1. The van der Waals surface area contributed by atoms with E-state index in [2.05, 4.69) is 15.1 Å². The van der Waals surface area contributed by atoms with Crippen molar-refractivity contribution in [3.63, 3.8) is 0 Å². The number of carbonyl (C=O) groups is 1. The fourth-order valence-electron chi connectivity index (χ4n) is 3.63. The number of hydrogen-bond donors (Lipinski definition) is 0. The van der Waals surface area contributed by atoms with E-state index in [4.69, 9.17) is 0 Å². The molecule has 0 unspecified atom stereocenters. The van der Waals surface area contributed by atoms with Crippen molar-refractivity contribution in [3.05, 3.63) is 48.2 Å². The molecule has 1 aromatic carbocycles. The molecule has 4 rings (SSSR count). The topological polar surface area (TPSA) is 86.7 Å². The lowest BCUT2D eigenvalue weighted by atomic mass is 10.2. The van der Waals surface area contributed by atoms with Crippen LogP contribution >= 0.6 is 0 Å². The lowest BCUT2D eigenvalue weighted by Crippen LogP contribution is -2.49. The minimum absolute atomic E-state index is 0.0797. The summed E-state index contributed by atoms with van der Waals surface area (Å²) < 4.78 is 26.7. The molecule has 148 valence electrons. The molecule has 1 aromatic heterocycles. The van der Waals surface area contributed by atoms with Crippen molar-refractivity contribution in [3.8, 4) is 0 Å². The molecule has 2 aliphatic rings. The van der Waals surface area contributed by atoms with E-state index in [1.165, 1.54) is 16.4 Å². The number of benzene rings is 1. The Kier molecular flexibility index (Phi) is 5.27. The molecule has 2 aliphatic heterocycles. The minimum Gasteiger partial charge on any atom is -0.352 e. The molecule has 2 aromatic rings. The standard InChI is InChI=1S/C19H23N5O3S/c25-19(23-14-12-22(13-15-23)18-4-3-9-20-21-18)16-5-7-17(8-6-16)28(26,27)24-10-1-2-11-24/h3-9H,1-2,10-15H2. The van der Waals surface area contributed by atoms with E-state index in [0.29, 0.717) is 44.8 Å². The third-order valence-corrected chi connectivity index (χ3v) is 7.17. The van der Waals surface area contributed by atoms with E-state index in [9.17, 15) is 13.2 Å². The third kappa shape index (κ3) is 3.72. The molecule has 0 aliphatic carbocycles. The summed E-state index contributed by atoms with van der Waals surface area (Å²) in [6.45, 7) is 3.68. The zero-order valence-electron chi connectivity index (χ0n) is 15.6. The average molecular weight is 401 g/mol. The predicted octanol–water partition coefficient (Wildman–Crippen LogP) is 1.22. The Morgan fingerprint density at radius 3 is 2.18 bits per heavy atom. The first kappa shape index (κ1) is 18.8. The van der Waals surface area contributed by atoms with Crippen molar-refractivity contribution in [2.75, 3.05) is 44.2 Å². The van der Waals surface area contributed by atoms with Gasteiger partial charge in [-0.1, -0.05) is 0 Å². The molecule has 0 spiro atoms. The molecule has 8 nitrogen and oxygen atoms in total. The molecule has 1 amide bonds. The summed E-state index contributed by atoms with van der Waals surface area (Å²) in [6, 6.07) is 10.1. The maximum Gasteiger partial charge on any atom is 0.253 e. The van der Waals surface area contributed by atoms with Crippen molar-refractivity contribution >= 4 is 21.7 Å². The van der Waals surface area contributed by atoms with Gasteiger partial charge in [-0.3, -0.25) is 4.79 Å². The van der Waals surface area contributed by atoms with Gasteiger partial charge in [0.2, 0.25) is 10.0 Å². The van der Waals surface area contributed by atoms with Gasteiger partial charge in [-0.25, -0.2) is 8.42 Å². The first-order valence-electron chi connectivity index (χ1n) is 9.48. The highest BCUT2D eigenvalue weighted by Gasteiger charge is 2.28. The first-order valence-corrected chi connectivity index (χ1v) is 10.9. The molecule has 3 heterocycles. The van der Waals surface area contributed by atoms with Gasteiger partial charge in [0.15, 0.2) is 5.82 Å². The van der Waals surface area contributed by atoms with E-state index >= 15 is 0 Å². The molecule has 2 fully saturated rings. The number of aromatic nitrogens is 2. The second-order valence-electron chi connectivity index (χ2n) is 7.00. The Labute approximate surface area is 164 Å². The van der Waals surface area contributed by atoms with Crippen LogP contribution in [0.1, 0.15) is 23.2 Å². The molecule has 28 heavy (non-hydrogen) atoms. The number of amides is 1. The Hall–Kier alpha value is -2.52. The Morgan fingerprint density at radius 1 is 0.893 bits per heavy atom. The summed E-state index contributed by atoms with van der Waals surface area (Å²) in [5, 5.41) is 8.00. The van der Waals surface area contributed by atoms with Gasteiger partial charge >= 0.3 is 0 Å².